The van der Waals surface area contributed by atoms with Crippen LogP contribution in [0.2, 0.25) is 5.02 Å². The molecule has 6 nitrogen and oxygen atoms in total. The number of rotatable bonds is 8. The predicted molar refractivity (Wildman–Crippen MR) is 109 cm³/mol. The van der Waals surface area contributed by atoms with Crippen molar-refractivity contribution >= 4 is 17.6 Å². The first kappa shape index (κ1) is 20.7. The highest BCUT2D eigenvalue weighted by molar-refractivity contribution is 6.32. The summed E-state index contributed by atoms with van der Waals surface area (Å²) >= 11 is 6.32. The van der Waals surface area contributed by atoms with Crippen LogP contribution in [-0.4, -0.2) is 33.8 Å². The van der Waals surface area contributed by atoms with Crippen molar-refractivity contribution in [3.05, 3.63) is 52.5 Å². The first-order chi connectivity index (χ1) is 13.1. The van der Waals surface area contributed by atoms with Gasteiger partial charge in [0.25, 0.3) is 0 Å². The van der Waals surface area contributed by atoms with Crippen molar-refractivity contribution in [3.8, 4) is 17.2 Å². The molecule has 0 amide bonds. The molecule has 2 aromatic carbocycles. The number of ether oxygens (including phenoxy) is 3. The molecule has 27 heavy (non-hydrogen) atoms. The average molecular weight is 392 g/mol. The molecule has 0 spiro atoms. The molecule has 0 radical (unpaired) electrons. The average Bonchev–Trinajstić information content (AvgIpc) is 2.70. The lowest BCUT2D eigenvalue weighted by Gasteiger charge is -2.16. The molecule has 0 saturated carbocycles. The quantitative estimate of drug-likeness (QED) is 0.531. The Morgan fingerprint density at radius 2 is 1.74 bits per heavy atom. The highest BCUT2D eigenvalue weighted by atomic mass is 35.5. The number of para-hydroxylation sites is 1. The molecule has 0 saturated heterocycles. The third-order valence-electron chi connectivity index (χ3n) is 3.90. The van der Waals surface area contributed by atoms with Crippen LogP contribution in [0.3, 0.4) is 0 Å². The molecular weight excluding hydrogens is 366 g/mol. The fourth-order valence-electron chi connectivity index (χ4n) is 2.59. The van der Waals surface area contributed by atoms with Gasteiger partial charge in [0.05, 0.1) is 25.8 Å². The van der Waals surface area contributed by atoms with Crippen molar-refractivity contribution in [1.82, 2.24) is 10.6 Å². The molecule has 0 aliphatic rings. The van der Waals surface area contributed by atoms with Crippen LogP contribution in [-0.2, 0) is 13.1 Å². The van der Waals surface area contributed by atoms with Gasteiger partial charge in [-0.3, -0.25) is 4.99 Å². The van der Waals surface area contributed by atoms with E-state index in [-0.39, 0.29) is 0 Å². The Labute approximate surface area is 165 Å². The monoisotopic (exact) mass is 391 g/mol. The Hall–Kier alpha value is -2.60. The van der Waals surface area contributed by atoms with Gasteiger partial charge in [-0.25, -0.2) is 0 Å². The number of benzene rings is 2. The van der Waals surface area contributed by atoms with Gasteiger partial charge in [-0.1, -0.05) is 29.8 Å². The molecule has 2 aromatic rings. The van der Waals surface area contributed by atoms with E-state index in [1.54, 1.807) is 21.3 Å². The van der Waals surface area contributed by atoms with Gasteiger partial charge in [-0.05, 0) is 30.7 Å². The summed E-state index contributed by atoms with van der Waals surface area (Å²) in [6.07, 6.45) is 0. The maximum atomic E-state index is 6.32. The van der Waals surface area contributed by atoms with Crippen molar-refractivity contribution in [1.29, 1.82) is 0 Å². The molecule has 2 rings (SSSR count). The summed E-state index contributed by atoms with van der Waals surface area (Å²) in [7, 11) is 4.98. The number of guanidine groups is 1. The summed E-state index contributed by atoms with van der Waals surface area (Å²) in [6, 6.07) is 11.6. The number of methoxy groups -OCH3 is 2. The summed E-state index contributed by atoms with van der Waals surface area (Å²) in [5.74, 6) is 2.68. The van der Waals surface area contributed by atoms with Gasteiger partial charge in [0.2, 0.25) is 0 Å². The van der Waals surface area contributed by atoms with Crippen LogP contribution < -0.4 is 24.8 Å². The number of aliphatic imine (C=N–C) groups is 1. The zero-order valence-electron chi connectivity index (χ0n) is 16.1. The summed E-state index contributed by atoms with van der Waals surface area (Å²) < 4.78 is 16.3. The van der Waals surface area contributed by atoms with E-state index in [0.717, 1.165) is 16.9 Å². The molecule has 0 fully saturated rings. The third kappa shape index (κ3) is 5.69. The van der Waals surface area contributed by atoms with Crippen molar-refractivity contribution in [2.75, 3.05) is 27.9 Å². The summed E-state index contributed by atoms with van der Waals surface area (Å²) in [6.45, 7) is 3.56. The molecule has 2 N–H and O–H groups in total. The van der Waals surface area contributed by atoms with Crippen LogP contribution in [0.25, 0.3) is 0 Å². The fraction of sp³-hybridized carbons (Fsp3) is 0.350. The van der Waals surface area contributed by atoms with Crippen molar-refractivity contribution in [3.63, 3.8) is 0 Å². The zero-order chi connectivity index (χ0) is 19.6. The molecular formula is C20H26ClN3O3. The lowest BCUT2D eigenvalue weighted by molar-refractivity contribution is 0.311. The van der Waals surface area contributed by atoms with Crippen molar-refractivity contribution in [2.24, 2.45) is 4.99 Å². The second-order valence-corrected chi connectivity index (χ2v) is 6.04. The molecule has 146 valence electrons. The SMILES string of the molecule is CCOc1c(Cl)cc(CNC(=NC)NCc2ccccc2OC)cc1OC. The fourth-order valence-corrected chi connectivity index (χ4v) is 2.88. The molecule has 0 heterocycles. The van der Waals surface area contributed by atoms with Crippen LogP contribution in [0, 0.1) is 0 Å². The number of halogens is 1. The Morgan fingerprint density at radius 3 is 2.41 bits per heavy atom. The van der Waals surface area contributed by atoms with E-state index in [2.05, 4.69) is 15.6 Å². The first-order valence-corrected chi connectivity index (χ1v) is 9.06. The topological polar surface area (TPSA) is 64.1 Å². The first-order valence-electron chi connectivity index (χ1n) is 8.68. The third-order valence-corrected chi connectivity index (χ3v) is 4.18. The predicted octanol–water partition coefficient (Wildman–Crippen LogP) is 3.62. The summed E-state index contributed by atoms with van der Waals surface area (Å²) in [5.41, 5.74) is 2.01. The number of hydrogen-bond acceptors (Lipinski definition) is 4. The van der Waals surface area contributed by atoms with Crippen LogP contribution in [0.15, 0.2) is 41.4 Å². The van der Waals surface area contributed by atoms with E-state index in [1.807, 2.05) is 43.3 Å². The number of nitrogens with zero attached hydrogens (tertiary/aromatic N) is 1. The van der Waals surface area contributed by atoms with Gasteiger partial charge in [0.15, 0.2) is 17.5 Å². The van der Waals surface area contributed by atoms with Crippen LogP contribution in [0.1, 0.15) is 18.1 Å². The standard InChI is InChI=1S/C20H26ClN3O3/c1-5-27-19-16(21)10-14(11-18(19)26-4)12-23-20(22-2)24-13-15-8-6-7-9-17(15)25-3/h6-11H,5,12-13H2,1-4H3,(H2,22,23,24). The highest BCUT2D eigenvalue weighted by Gasteiger charge is 2.12. The van der Waals surface area contributed by atoms with Gasteiger partial charge in [-0.15, -0.1) is 0 Å². The minimum Gasteiger partial charge on any atom is -0.496 e. The maximum Gasteiger partial charge on any atom is 0.191 e. The highest BCUT2D eigenvalue weighted by Crippen LogP contribution is 2.36. The molecule has 0 aliphatic carbocycles. The Morgan fingerprint density at radius 1 is 1.04 bits per heavy atom. The molecule has 0 aliphatic heterocycles. The van der Waals surface area contributed by atoms with E-state index >= 15 is 0 Å². The summed E-state index contributed by atoms with van der Waals surface area (Å²) in [5, 5.41) is 7.06. The van der Waals surface area contributed by atoms with Crippen LogP contribution >= 0.6 is 11.6 Å². The van der Waals surface area contributed by atoms with E-state index < -0.39 is 0 Å². The molecule has 0 aromatic heterocycles. The Kier molecular flexibility index (Phi) is 8.07. The second-order valence-electron chi connectivity index (χ2n) is 5.63. The largest absolute Gasteiger partial charge is 0.496 e. The van der Waals surface area contributed by atoms with Gasteiger partial charge in [-0.2, -0.15) is 0 Å². The van der Waals surface area contributed by atoms with E-state index in [0.29, 0.717) is 42.2 Å². The Bertz CT molecular complexity index is 781. The van der Waals surface area contributed by atoms with Crippen molar-refractivity contribution < 1.29 is 14.2 Å². The van der Waals surface area contributed by atoms with Crippen LogP contribution in [0.5, 0.6) is 17.2 Å². The molecule has 7 heteroatoms. The minimum atomic E-state index is 0.518. The van der Waals surface area contributed by atoms with E-state index in [9.17, 15) is 0 Å². The van der Waals surface area contributed by atoms with Gasteiger partial charge in [0.1, 0.15) is 5.75 Å². The molecule has 0 bridgehead atoms. The van der Waals surface area contributed by atoms with E-state index in [1.165, 1.54) is 0 Å². The van der Waals surface area contributed by atoms with Crippen molar-refractivity contribution in [2.45, 2.75) is 20.0 Å². The van der Waals surface area contributed by atoms with Gasteiger partial charge in [0, 0.05) is 25.7 Å². The minimum absolute atomic E-state index is 0.518. The van der Waals surface area contributed by atoms with Gasteiger partial charge < -0.3 is 24.8 Å². The lowest BCUT2D eigenvalue weighted by atomic mass is 10.2. The maximum absolute atomic E-state index is 6.32. The summed E-state index contributed by atoms with van der Waals surface area (Å²) in [4.78, 5) is 4.25. The number of nitrogens with one attached hydrogen (secondary N) is 2. The zero-order valence-corrected chi connectivity index (χ0v) is 16.9. The molecule has 0 atom stereocenters. The van der Waals surface area contributed by atoms with Gasteiger partial charge >= 0.3 is 0 Å². The lowest BCUT2D eigenvalue weighted by Crippen LogP contribution is -2.36. The number of hydrogen-bond donors (Lipinski definition) is 2. The van der Waals surface area contributed by atoms with E-state index in [4.69, 9.17) is 25.8 Å². The molecule has 0 unspecified atom stereocenters. The normalized spacial score (nSPS) is 11.1. The Balaban J connectivity index is 2.00. The smallest absolute Gasteiger partial charge is 0.191 e. The van der Waals surface area contributed by atoms with Crippen LogP contribution in [0.4, 0.5) is 0 Å². The second kappa shape index (κ2) is 10.5.